The van der Waals surface area contributed by atoms with Gasteiger partial charge in [-0.2, -0.15) is 0 Å². The van der Waals surface area contributed by atoms with Crippen LogP contribution in [0, 0.1) is 29.1 Å². The average molecular weight is 309 g/mol. The summed E-state index contributed by atoms with van der Waals surface area (Å²) >= 11 is 0. The van der Waals surface area contributed by atoms with E-state index < -0.39 is 5.97 Å². The first-order chi connectivity index (χ1) is 11.0. The van der Waals surface area contributed by atoms with E-state index >= 15 is 0 Å². The normalized spacial score (nSPS) is 35.2. The van der Waals surface area contributed by atoms with Crippen LogP contribution in [0.5, 0.6) is 0 Å². The smallest absolute Gasteiger partial charge is 0.335 e. The van der Waals surface area contributed by atoms with Crippen molar-refractivity contribution in [3.05, 3.63) is 42.0 Å². The van der Waals surface area contributed by atoms with Crippen LogP contribution in [0.25, 0.3) is 0 Å². The number of hydrogen-bond donors (Lipinski definition) is 1. The Morgan fingerprint density at radius 3 is 2.22 bits per heavy atom. The summed E-state index contributed by atoms with van der Waals surface area (Å²) in [6, 6.07) is 6.07. The quantitative estimate of drug-likeness (QED) is 0.670. The van der Waals surface area contributed by atoms with E-state index in [4.69, 9.17) is 5.11 Å². The Morgan fingerprint density at radius 2 is 1.70 bits per heavy atom. The minimum Gasteiger partial charge on any atom is -0.478 e. The standard InChI is InChI=1S/C18H15NO4/c20-15-13-11-4-5-12(18(11)6-7-18)14(13)16(21)19(15)10-3-1-2-9(8-10)17(22)23/h1-5,8,11-14H,6-7H2,(H,22,23). The van der Waals surface area contributed by atoms with Crippen molar-refractivity contribution in [3.63, 3.8) is 0 Å². The number of aromatic carboxylic acids is 1. The number of allylic oxidation sites excluding steroid dienone is 2. The van der Waals surface area contributed by atoms with Gasteiger partial charge in [-0.15, -0.1) is 0 Å². The molecule has 4 unspecified atom stereocenters. The minimum absolute atomic E-state index is 0.0833. The molecule has 4 aliphatic rings. The lowest BCUT2D eigenvalue weighted by Gasteiger charge is -2.21. The number of imide groups is 1. The number of carbonyl (C=O) groups excluding carboxylic acids is 2. The lowest BCUT2D eigenvalue weighted by atomic mass is 9.85. The number of carboxylic acids is 1. The van der Waals surface area contributed by atoms with E-state index in [1.807, 2.05) is 0 Å². The maximum absolute atomic E-state index is 12.9. The summed E-state index contributed by atoms with van der Waals surface area (Å²) in [6.07, 6.45) is 6.47. The largest absolute Gasteiger partial charge is 0.478 e. The van der Waals surface area contributed by atoms with Crippen molar-refractivity contribution in [1.29, 1.82) is 0 Å². The van der Waals surface area contributed by atoms with Gasteiger partial charge in [0.2, 0.25) is 11.8 Å². The highest BCUT2D eigenvalue weighted by molar-refractivity contribution is 6.23. The Balaban J connectivity index is 1.56. The van der Waals surface area contributed by atoms with Crippen LogP contribution in [0.1, 0.15) is 23.2 Å². The van der Waals surface area contributed by atoms with Gasteiger partial charge in [-0.1, -0.05) is 18.2 Å². The van der Waals surface area contributed by atoms with E-state index in [2.05, 4.69) is 12.2 Å². The zero-order valence-corrected chi connectivity index (χ0v) is 12.3. The number of rotatable bonds is 2. The van der Waals surface area contributed by atoms with Gasteiger partial charge in [0.25, 0.3) is 0 Å². The summed E-state index contributed by atoms with van der Waals surface area (Å²) in [5, 5.41) is 9.12. The Kier molecular flexibility index (Phi) is 2.22. The van der Waals surface area contributed by atoms with Gasteiger partial charge < -0.3 is 5.11 Å². The molecule has 1 heterocycles. The third-order valence-electron chi connectivity index (χ3n) is 6.20. The van der Waals surface area contributed by atoms with Crippen LogP contribution >= 0.6 is 0 Å². The predicted octanol–water partition coefficient (Wildman–Crippen LogP) is 2.09. The number of carboxylic acid groups (broad SMARTS) is 1. The van der Waals surface area contributed by atoms with Gasteiger partial charge in [0.15, 0.2) is 0 Å². The highest BCUT2D eigenvalue weighted by atomic mass is 16.4. The molecule has 1 N–H and O–H groups in total. The number of carbonyl (C=O) groups is 3. The molecule has 5 heteroatoms. The van der Waals surface area contributed by atoms with Crippen molar-refractivity contribution in [3.8, 4) is 0 Å². The summed E-state index contributed by atoms with van der Waals surface area (Å²) in [4.78, 5) is 38.2. The van der Waals surface area contributed by atoms with Crippen LogP contribution in [-0.2, 0) is 9.59 Å². The maximum atomic E-state index is 12.9. The van der Waals surface area contributed by atoms with Gasteiger partial charge in [-0.3, -0.25) is 9.59 Å². The van der Waals surface area contributed by atoms with Gasteiger partial charge in [-0.05, 0) is 48.3 Å². The number of nitrogens with zero attached hydrogens (tertiary/aromatic N) is 1. The highest BCUT2D eigenvalue weighted by Gasteiger charge is 2.73. The third-order valence-corrected chi connectivity index (χ3v) is 6.20. The predicted molar refractivity (Wildman–Crippen MR) is 80.7 cm³/mol. The Hall–Kier alpha value is -2.43. The lowest BCUT2D eigenvalue weighted by Crippen LogP contribution is -2.34. The zero-order valence-electron chi connectivity index (χ0n) is 12.3. The molecule has 2 amide bonds. The van der Waals surface area contributed by atoms with Gasteiger partial charge in [0, 0.05) is 0 Å². The van der Waals surface area contributed by atoms with E-state index in [0.29, 0.717) is 5.69 Å². The zero-order chi connectivity index (χ0) is 15.9. The van der Waals surface area contributed by atoms with E-state index in [0.717, 1.165) is 12.8 Å². The van der Waals surface area contributed by atoms with E-state index in [-0.39, 0.29) is 46.5 Å². The highest BCUT2D eigenvalue weighted by Crippen LogP contribution is 2.73. The molecule has 2 saturated carbocycles. The molecule has 1 aliphatic heterocycles. The molecule has 2 bridgehead atoms. The third kappa shape index (κ3) is 1.41. The Labute approximate surface area is 132 Å². The fraction of sp³-hybridized carbons (Fsp3) is 0.389. The van der Waals surface area contributed by atoms with E-state index in [1.54, 1.807) is 12.1 Å². The van der Waals surface area contributed by atoms with Gasteiger partial charge in [-0.25, -0.2) is 9.69 Å². The molecule has 1 aromatic rings. The summed E-state index contributed by atoms with van der Waals surface area (Å²) in [5.41, 5.74) is 0.633. The van der Waals surface area contributed by atoms with E-state index in [1.165, 1.54) is 17.0 Å². The second-order valence-corrected chi connectivity index (χ2v) is 7.09. The van der Waals surface area contributed by atoms with Crippen LogP contribution in [0.2, 0.25) is 0 Å². The van der Waals surface area contributed by atoms with Gasteiger partial charge in [0.05, 0.1) is 23.1 Å². The molecule has 3 fully saturated rings. The van der Waals surface area contributed by atoms with Crippen molar-refractivity contribution < 1.29 is 19.5 Å². The fourth-order valence-corrected chi connectivity index (χ4v) is 5.11. The minimum atomic E-state index is -1.06. The molecular weight excluding hydrogens is 294 g/mol. The SMILES string of the molecule is O=C(O)c1cccc(N2C(=O)C3C(C2=O)C2C=CC3C23CC3)c1. The lowest BCUT2D eigenvalue weighted by molar-refractivity contribution is -0.123. The molecule has 0 aromatic heterocycles. The molecule has 1 saturated heterocycles. The number of amides is 2. The first-order valence-electron chi connectivity index (χ1n) is 7.94. The fourth-order valence-electron chi connectivity index (χ4n) is 5.11. The van der Waals surface area contributed by atoms with Crippen LogP contribution in [0.3, 0.4) is 0 Å². The van der Waals surface area contributed by atoms with Crippen molar-refractivity contribution in [2.45, 2.75) is 12.8 Å². The van der Waals surface area contributed by atoms with Crippen molar-refractivity contribution in [2.24, 2.45) is 29.1 Å². The van der Waals surface area contributed by atoms with Crippen LogP contribution in [0.4, 0.5) is 5.69 Å². The van der Waals surface area contributed by atoms with E-state index in [9.17, 15) is 14.4 Å². The molecular formula is C18H15NO4. The summed E-state index contributed by atoms with van der Waals surface area (Å²) in [5.74, 6) is -1.54. The van der Waals surface area contributed by atoms with Crippen LogP contribution < -0.4 is 4.90 Å². The molecule has 116 valence electrons. The molecule has 5 nitrogen and oxygen atoms in total. The maximum Gasteiger partial charge on any atom is 0.335 e. The topological polar surface area (TPSA) is 74.7 Å². The van der Waals surface area contributed by atoms with Crippen molar-refractivity contribution >= 4 is 23.5 Å². The van der Waals surface area contributed by atoms with Gasteiger partial charge in [0.1, 0.15) is 0 Å². The van der Waals surface area contributed by atoms with Gasteiger partial charge >= 0.3 is 5.97 Å². The van der Waals surface area contributed by atoms with Crippen LogP contribution in [0.15, 0.2) is 36.4 Å². The number of fused-ring (bicyclic) bond motifs is 3. The summed E-state index contributed by atoms with van der Waals surface area (Å²) in [7, 11) is 0. The molecule has 1 spiro atoms. The first kappa shape index (κ1) is 13.0. The summed E-state index contributed by atoms with van der Waals surface area (Å²) in [6.45, 7) is 0. The van der Waals surface area contributed by atoms with Crippen molar-refractivity contribution in [2.75, 3.05) is 4.90 Å². The average Bonchev–Trinajstić information content (AvgIpc) is 3.13. The Morgan fingerprint density at radius 1 is 1.09 bits per heavy atom. The molecule has 5 rings (SSSR count). The molecule has 4 atom stereocenters. The first-order valence-corrected chi connectivity index (χ1v) is 7.94. The molecule has 23 heavy (non-hydrogen) atoms. The number of hydrogen-bond acceptors (Lipinski definition) is 3. The second-order valence-electron chi connectivity index (χ2n) is 7.09. The van der Waals surface area contributed by atoms with Crippen molar-refractivity contribution in [1.82, 2.24) is 0 Å². The van der Waals surface area contributed by atoms with Crippen LogP contribution in [-0.4, -0.2) is 22.9 Å². The molecule has 1 aromatic carbocycles. The second kappa shape index (κ2) is 3.91. The molecule has 3 aliphatic carbocycles. The number of anilines is 1. The summed E-state index contributed by atoms with van der Waals surface area (Å²) < 4.78 is 0. The Bertz CT molecular complexity index is 773. The number of benzene rings is 1. The monoisotopic (exact) mass is 309 g/mol. The molecule has 0 radical (unpaired) electrons.